The molecule has 0 aliphatic carbocycles. The molecule has 1 aliphatic heterocycles. The normalized spacial score (nSPS) is 13.9. The van der Waals surface area contributed by atoms with Gasteiger partial charge in [0.1, 0.15) is 11.5 Å². The standard InChI is InChI=1S/C31H26ClF3N4O4/c32-26-16-20(8-10-27(26)40)30(42)37-36-18-21-9-11-28(25-7-2-1-6-24(21)25)43-19-29(41)39-14-12-38(13-15-39)23-5-3-4-22(17-23)31(33,34)35/h1-11,16-18,40H,12-15,19H2,(H,37,42)/b36-18+. The van der Waals surface area contributed by atoms with Gasteiger partial charge in [0.15, 0.2) is 6.61 Å². The van der Waals surface area contributed by atoms with Gasteiger partial charge in [-0.1, -0.05) is 41.9 Å². The summed E-state index contributed by atoms with van der Waals surface area (Å²) in [7, 11) is 0. The van der Waals surface area contributed by atoms with E-state index in [1.54, 1.807) is 23.1 Å². The smallest absolute Gasteiger partial charge is 0.416 e. The number of hydrogen-bond acceptors (Lipinski definition) is 6. The number of phenolic OH excluding ortho intramolecular Hbond substituents is 1. The molecule has 8 nitrogen and oxygen atoms in total. The number of carbonyl (C=O) groups excluding carboxylic acids is 2. The molecule has 43 heavy (non-hydrogen) atoms. The molecule has 0 saturated carbocycles. The summed E-state index contributed by atoms with van der Waals surface area (Å²) in [5.74, 6) is -0.368. The highest BCUT2D eigenvalue weighted by Gasteiger charge is 2.31. The van der Waals surface area contributed by atoms with Crippen molar-refractivity contribution in [3.63, 3.8) is 0 Å². The van der Waals surface area contributed by atoms with Crippen molar-refractivity contribution in [2.24, 2.45) is 5.10 Å². The average molecular weight is 611 g/mol. The van der Waals surface area contributed by atoms with E-state index in [2.05, 4.69) is 10.5 Å². The number of hydrogen-bond donors (Lipinski definition) is 2. The second-order valence-corrected chi connectivity index (χ2v) is 10.2. The summed E-state index contributed by atoms with van der Waals surface area (Å²) in [5.41, 5.74) is 3.12. The minimum Gasteiger partial charge on any atom is -0.506 e. The molecule has 1 aliphatic rings. The number of ether oxygens (including phenoxy) is 1. The van der Waals surface area contributed by atoms with Crippen molar-refractivity contribution in [3.05, 3.63) is 101 Å². The number of rotatable bonds is 7. The Labute approximate surface area is 249 Å². The van der Waals surface area contributed by atoms with Gasteiger partial charge >= 0.3 is 6.18 Å². The highest BCUT2D eigenvalue weighted by atomic mass is 35.5. The van der Waals surface area contributed by atoms with Crippen molar-refractivity contribution in [2.75, 3.05) is 37.7 Å². The fourth-order valence-corrected chi connectivity index (χ4v) is 4.91. The van der Waals surface area contributed by atoms with E-state index in [1.165, 1.54) is 30.5 Å². The van der Waals surface area contributed by atoms with Crippen molar-refractivity contribution in [3.8, 4) is 11.5 Å². The van der Waals surface area contributed by atoms with E-state index in [4.69, 9.17) is 16.3 Å². The summed E-state index contributed by atoms with van der Waals surface area (Å²) < 4.78 is 45.2. The lowest BCUT2D eigenvalue weighted by atomic mass is 10.0. The third-order valence-electron chi connectivity index (χ3n) is 7.02. The van der Waals surface area contributed by atoms with Crippen LogP contribution in [0, 0.1) is 0 Å². The molecule has 2 amide bonds. The number of carbonyl (C=O) groups is 2. The molecule has 0 radical (unpaired) electrons. The van der Waals surface area contributed by atoms with Crippen molar-refractivity contribution in [2.45, 2.75) is 6.18 Å². The molecule has 222 valence electrons. The first-order valence-electron chi connectivity index (χ1n) is 13.3. The lowest BCUT2D eigenvalue weighted by Crippen LogP contribution is -2.50. The zero-order chi connectivity index (χ0) is 30.6. The molecule has 12 heteroatoms. The van der Waals surface area contributed by atoms with E-state index in [9.17, 15) is 27.9 Å². The Morgan fingerprint density at radius 1 is 0.953 bits per heavy atom. The third kappa shape index (κ3) is 7.00. The van der Waals surface area contributed by atoms with Crippen LogP contribution in [0.15, 0.2) is 84.0 Å². The van der Waals surface area contributed by atoms with Crippen LogP contribution >= 0.6 is 11.6 Å². The second kappa shape index (κ2) is 12.6. The molecule has 0 spiro atoms. The van der Waals surface area contributed by atoms with Crippen molar-refractivity contribution >= 4 is 46.1 Å². The molecule has 0 aromatic heterocycles. The van der Waals surface area contributed by atoms with Crippen LogP contribution in [0.5, 0.6) is 11.5 Å². The number of piperazine rings is 1. The minimum absolute atomic E-state index is 0.0501. The summed E-state index contributed by atoms with van der Waals surface area (Å²) in [5, 5.41) is 15.1. The average Bonchev–Trinajstić information content (AvgIpc) is 3.01. The van der Waals surface area contributed by atoms with Gasteiger partial charge in [-0.15, -0.1) is 0 Å². The van der Waals surface area contributed by atoms with Gasteiger partial charge in [0, 0.05) is 48.4 Å². The molecular weight excluding hydrogens is 585 g/mol. The number of nitrogens with zero attached hydrogens (tertiary/aromatic N) is 3. The van der Waals surface area contributed by atoms with Gasteiger partial charge in [0.05, 0.1) is 16.8 Å². The molecule has 0 atom stereocenters. The Kier molecular flexibility index (Phi) is 8.72. The second-order valence-electron chi connectivity index (χ2n) is 9.77. The minimum atomic E-state index is -4.42. The Hall–Kier alpha value is -4.77. The zero-order valence-corrected chi connectivity index (χ0v) is 23.4. The molecular formula is C31H26ClF3N4O4. The topological polar surface area (TPSA) is 94.5 Å². The van der Waals surface area contributed by atoms with Gasteiger partial charge in [-0.05, 0) is 53.9 Å². The van der Waals surface area contributed by atoms with Crippen LogP contribution in [0.3, 0.4) is 0 Å². The van der Waals surface area contributed by atoms with Crippen molar-refractivity contribution in [1.29, 1.82) is 0 Å². The molecule has 4 aromatic carbocycles. The van der Waals surface area contributed by atoms with Gasteiger partial charge in [0.2, 0.25) is 0 Å². The summed E-state index contributed by atoms with van der Waals surface area (Å²) in [6.45, 7) is 1.32. The van der Waals surface area contributed by atoms with Crippen LogP contribution in [0.1, 0.15) is 21.5 Å². The predicted octanol–water partition coefficient (Wildman–Crippen LogP) is 5.71. The van der Waals surface area contributed by atoms with Crippen molar-refractivity contribution in [1.82, 2.24) is 10.3 Å². The predicted molar refractivity (Wildman–Crippen MR) is 158 cm³/mol. The van der Waals surface area contributed by atoms with E-state index in [1.807, 2.05) is 29.2 Å². The lowest BCUT2D eigenvalue weighted by Gasteiger charge is -2.36. The number of alkyl halides is 3. The SMILES string of the molecule is O=C(N/N=C/c1ccc(OCC(=O)N2CCN(c3cccc(C(F)(F)F)c3)CC2)c2ccccc12)c1ccc(O)c(Cl)c1. The number of hydrazone groups is 1. The Balaban J connectivity index is 1.19. The van der Waals surface area contributed by atoms with Crippen molar-refractivity contribution < 1.29 is 32.6 Å². The summed E-state index contributed by atoms with van der Waals surface area (Å²) in [6.07, 6.45) is -2.93. The van der Waals surface area contributed by atoms with Gasteiger partial charge in [-0.25, -0.2) is 5.43 Å². The van der Waals surface area contributed by atoms with Gasteiger partial charge in [-0.2, -0.15) is 18.3 Å². The van der Waals surface area contributed by atoms with E-state index < -0.39 is 17.6 Å². The largest absolute Gasteiger partial charge is 0.506 e. The summed E-state index contributed by atoms with van der Waals surface area (Å²) >= 11 is 5.87. The van der Waals surface area contributed by atoms with Crippen LogP contribution in [0.25, 0.3) is 10.8 Å². The van der Waals surface area contributed by atoms with Gasteiger partial charge < -0.3 is 19.6 Å². The fraction of sp³-hybridized carbons (Fsp3) is 0.194. The van der Waals surface area contributed by atoms with E-state index in [-0.39, 0.29) is 28.8 Å². The van der Waals surface area contributed by atoms with Crippen LogP contribution in [0.2, 0.25) is 5.02 Å². The maximum absolute atomic E-state index is 13.1. The summed E-state index contributed by atoms with van der Waals surface area (Å²) in [6, 6.07) is 20.1. The van der Waals surface area contributed by atoms with E-state index in [0.717, 1.165) is 22.9 Å². The Morgan fingerprint density at radius 2 is 1.70 bits per heavy atom. The summed E-state index contributed by atoms with van der Waals surface area (Å²) in [4.78, 5) is 28.8. The highest BCUT2D eigenvalue weighted by molar-refractivity contribution is 6.32. The van der Waals surface area contributed by atoms with Crippen LogP contribution in [-0.4, -0.2) is 60.8 Å². The molecule has 4 aromatic rings. The molecule has 0 unspecified atom stereocenters. The highest BCUT2D eigenvalue weighted by Crippen LogP contribution is 2.32. The van der Waals surface area contributed by atoms with Crippen LogP contribution < -0.4 is 15.1 Å². The number of nitrogens with one attached hydrogen (secondary N) is 1. The number of aromatic hydroxyl groups is 1. The molecule has 2 N–H and O–H groups in total. The molecule has 0 bridgehead atoms. The number of halogens is 4. The maximum atomic E-state index is 13.1. The first-order valence-corrected chi connectivity index (χ1v) is 13.6. The first-order chi connectivity index (χ1) is 20.6. The maximum Gasteiger partial charge on any atom is 0.416 e. The molecule has 5 rings (SSSR count). The number of benzene rings is 4. The monoisotopic (exact) mass is 610 g/mol. The van der Waals surface area contributed by atoms with E-state index >= 15 is 0 Å². The Morgan fingerprint density at radius 3 is 2.42 bits per heavy atom. The fourth-order valence-electron chi connectivity index (χ4n) is 4.73. The first kappa shape index (κ1) is 29.7. The van der Waals surface area contributed by atoms with E-state index in [0.29, 0.717) is 43.2 Å². The number of anilines is 1. The molecule has 1 saturated heterocycles. The third-order valence-corrected chi connectivity index (χ3v) is 7.32. The van der Waals surface area contributed by atoms with Crippen LogP contribution in [0.4, 0.5) is 18.9 Å². The van der Waals surface area contributed by atoms with Crippen LogP contribution in [-0.2, 0) is 11.0 Å². The zero-order valence-electron chi connectivity index (χ0n) is 22.6. The van der Waals surface area contributed by atoms with Gasteiger partial charge in [-0.3, -0.25) is 9.59 Å². The number of phenols is 1. The van der Waals surface area contributed by atoms with Gasteiger partial charge in [0.25, 0.3) is 11.8 Å². The Bertz CT molecular complexity index is 1690. The number of fused-ring (bicyclic) bond motifs is 1. The molecule has 1 heterocycles. The quantitative estimate of drug-likeness (QED) is 0.207. The molecule has 1 fully saturated rings. The number of amides is 2. The lowest BCUT2D eigenvalue weighted by molar-refractivity contribution is -0.137.